The van der Waals surface area contributed by atoms with E-state index >= 15 is 0 Å². The number of halogens is 2. The van der Waals surface area contributed by atoms with Crippen molar-refractivity contribution in [3.8, 4) is 6.07 Å². The molecule has 3 nitrogen and oxygen atoms in total. The van der Waals surface area contributed by atoms with Crippen molar-refractivity contribution in [2.45, 2.75) is 0 Å². The summed E-state index contributed by atoms with van der Waals surface area (Å²) in [6.07, 6.45) is 0. The van der Waals surface area contributed by atoms with Crippen molar-refractivity contribution >= 4 is 27.5 Å². The summed E-state index contributed by atoms with van der Waals surface area (Å²) in [5.41, 5.74) is 0.965. The second-order valence-corrected chi connectivity index (χ2v) is 4.68. The second-order valence-electron chi connectivity index (χ2n) is 3.77. The summed E-state index contributed by atoms with van der Waals surface area (Å²) < 4.78 is 14.2. The first-order valence-corrected chi connectivity index (χ1v) is 6.16. The van der Waals surface area contributed by atoms with Crippen molar-refractivity contribution in [3.05, 3.63) is 63.9 Å². The van der Waals surface area contributed by atoms with Gasteiger partial charge >= 0.3 is 0 Å². The molecule has 0 aliphatic carbocycles. The Bertz CT molecular complexity index is 662. The first-order valence-electron chi connectivity index (χ1n) is 5.37. The molecule has 0 saturated heterocycles. The van der Waals surface area contributed by atoms with Crippen molar-refractivity contribution in [2.75, 3.05) is 5.32 Å². The first-order chi connectivity index (χ1) is 9.10. The van der Waals surface area contributed by atoms with Crippen LogP contribution in [0, 0.1) is 17.1 Å². The Balaban J connectivity index is 2.18. The fourth-order valence-electron chi connectivity index (χ4n) is 1.50. The second kappa shape index (κ2) is 5.63. The molecule has 0 aromatic heterocycles. The predicted molar refractivity (Wildman–Crippen MR) is 73.2 cm³/mol. The van der Waals surface area contributed by atoms with E-state index in [1.54, 1.807) is 30.3 Å². The fourth-order valence-corrected chi connectivity index (χ4v) is 1.83. The minimum Gasteiger partial charge on any atom is -0.322 e. The van der Waals surface area contributed by atoms with E-state index in [1.165, 1.54) is 12.1 Å². The molecule has 1 N–H and O–H groups in total. The number of anilines is 1. The van der Waals surface area contributed by atoms with Crippen LogP contribution in [-0.2, 0) is 0 Å². The third-order valence-corrected chi connectivity index (χ3v) is 2.94. The molecule has 0 spiro atoms. The molecule has 0 saturated carbocycles. The van der Waals surface area contributed by atoms with Crippen LogP contribution in [0.25, 0.3) is 0 Å². The molecule has 0 aliphatic heterocycles. The van der Waals surface area contributed by atoms with Gasteiger partial charge in [0.1, 0.15) is 5.82 Å². The molecule has 0 unspecified atom stereocenters. The van der Waals surface area contributed by atoms with Crippen LogP contribution in [0.1, 0.15) is 15.9 Å². The summed E-state index contributed by atoms with van der Waals surface area (Å²) in [6, 6.07) is 12.5. The van der Waals surface area contributed by atoms with Crippen LogP contribution >= 0.6 is 15.9 Å². The van der Waals surface area contributed by atoms with Gasteiger partial charge in [0, 0.05) is 10.2 Å². The molecule has 5 heteroatoms. The van der Waals surface area contributed by atoms with E-state index in [-0.39, 0.29) is 5.56 Å². The summed E-state index contributed by atoms with van der Waals surface area (Å²) in [7, 11) is 0. The normalized spacial score (nSPS) is 9.74. The zero-order valence-electron chi connectivity index (χ0n) is 9.65. The minimum absolute atomic E-state index is 0.0347. The van der Waals surface area contributed by atoms with Crippen LogP contribution in [-0.4, -0.2) is 5.91 Å². The Hall–Kier alpha value is -2.19. The largest absolute Gasteiger partial charge is 0.322 e. The Labute approximate surface area is 117 Å². The van der Waals surface area contributed by atoms with Gasteiger partial charge in [0.15, 0.2) is 0 Å². The first kappa shape index (κ1) is 13.2. The van der Waals surface area contributed by atoms with Crippen LogP contribution in [0.4, 0.5) is 10.1 Å². The Morgan fingerprint density at radius 3 is 2.47 bits per heavy atom. The molecular weight excluding hydrogens is 311 g/mol. The molecule has 0 fully saturated rings. The number of benzene rings is 2. The predicted octanol–water partition coefficient (Wildman–Crippen LogP) is 3.71. The third kappa shape index (κ3) is 3.18. The topological polar surface area (TPSA) is 52.9 Å². The highest BCUT2D eigenvalue weighted by molar-refractivity contribution is 9.10. The summed E-state index contributed by atoms with van der Waals surface area (Å²) >= 11 is 3.13. The van der Waals surface area contributed by atoms with Gasteiger partial charge in [0.05, 0.1) is 17.2 Å². The molecule has 0 heterocycles. The zero-order valence-corrected chi connectivity index (χ0v) is 11.2. The van der Waals surface area contributed by atoms with E-state index in [2.05, 4.69) is 21.2 Å². The quantitative estimate of drug-likeness (QED) is 0.917. The molecule has 0 radical (unpaired) electrons. The molecule has 0 atom stereocenters. The average molecular weight is 319 g/mol. The number of hydrogen-bond acceptors (Lipinski definition) is 2. The molecule has 1 amide bonds. The lowest BCUT2D eigenvalue weighted by Crippen LogP contribution is -2.13. The highest BCUT2D eigenvalue weighted by atomic mass is 79.9. The molecule has 2 aromatic carbocycles. The van der Waals surface area contributed by atoms with Crippen molar-refractivity contribution in [1.82, 2.24) is 0 Å². The van der Waals surface area contributed by atoms with Gasteiger partial charge in [-0.1, -0.05) is 15.9 Å². The van der Waals surface area contributed by atoms with Crippen molar-refractivity contribution in [3.63, 3.8) is 0 Å². The minimum atomic E-state index is -0.597. The fraction of sp³-hybridized carbons (Fsp3) is 0. The highest BCUT2D eigenvalue weighted by Gasteiger charge is 2.11. The van der Waals surface area contributed by atoms with Gasteiger partial charge in [-0.3, -0.25) is 4.79 Å². The van der Waals surface area contributed by atoms with Crippen LogP contribution in [0.3, 0.4) is 0 Å². The summed E-state index contributed by atoms with van der Waals surface area (Å²) in [6.45, 7) is 0. The molecule has 2 aromatic rings. The van der Waals surface area contributed by atoms with Gasteiger partial charge in [-0.2, -0.15) is 5.26 Å². The van der Waals surface area contributed by atoms with Crippen LogP contribution in [0.15, 0.2) is 46.9 Å². The van der Waals surface area contributed by atoms with E-state index in [4.69, 9.17) is 5.26 Å². The van der Waals surface area contributed by atoms with E-state index < -0.39 is 11.7 Å². The molecular formula is C14H8BrFN2O. The zero-order chi connectivity index (χ0) is 13.8. The van der Waals surface area contributed by atoms with Gasteiger partial charge in [0.25, 0.3) is 5.91 Å². The van der Waals surface area contributed by atoms with Gasteiger partial charge in [-0.15, -0.1) is 0 Å². The van der Waals surface area contributed by atoms with Gasteiger partial charge in [0.2, 0.25) is 0 Å². The molecule has 94 valence electrons. The number of hydrogen-bond donors (Lipinski definition) is 1. The number of carbonyl (C=O) groups is 1. The number of amides is 1. The number of nitriles is 1. The van der Waals surface area contributed by atoms with Crippen LogP contribution in [0.2, 0.25) is 0 Å². The maximum atomic E-state index is 13.6. The van der Waals surface area contributed by atoms with Crippen molar-refractivity contribution in [2.24, 2.45) is 0 Å². The van der Waals surface area contributed by atoms with E-state index in [0.29, 0.717) is 15.7 Å². The average Bonchev–Trinajstić information content (AvgIpc) is 2.39. The van der Waals surface area contributed by atoms with Gasteiger partial charge in [-0.25, -0.2) is 4.39 Å². The highest BCUT2D eigenvalue weighted by Crippen LogP contribution is 2.17. The standard InChI is InChI=1S/C14H8BrFN2O/c15-10-3-6-12(13(16)7-10)14(19)18-11-4-1-9(8-17)2-5-11/h1-7H,(H,18,19). The molecule has 0 bridgehead atoms. The Morgan fingerprint density at radius 1 is 1.21 bits per heavy atom. The smallest absolute Gasteiger partial charge is 0.258 e. The Kier molecular flexibility index (Phi) is 3.93. The van der Waals surface area contributed by atoms with Crippen molar-refractivity contribution < 1.29 is 9.18 Å². The maximum Gasteiger partial charge on any atom is 0.258 e. The Morgan fingerprint density at radius 2 is 1.89 bits per heavy atom. The lowest BCUT2D eigenvalue weighted by molar-refractivity contribution is 0.102. The third-order valence-electron chi connectivity index (χ3n) is 2.45. The lowest BCUT2D eigenvalue weighted by atomic mass is 10.2. The van der Waals surface area contributed by atoms with E-state index in [1.807, 2.05) is 6.07 Å². The van der Waals surface area contributed by atoms with Crippen LogP contribution in [0.5, 0.6) is 0 Å². The maximum absolute atomic E-state index is 13.6. The van der Waals surface area contributed by atoms with Gasteiger partial charge < -0.3 is 5.32 Å². The number of nitrogens with one attached hydrogen (secondary N) is 1. The van der Waals surface area contributed by atoms with E-state index in [0.717, 1.165) is 0 Å². The number of nitrogens with zero attached hydrogens (tertiary/aromatic N) is 1. The summed E-state index contributed by atoms with van der Waals surface area (Å²) in [5.74, 6) is -1.13. The van der Waals surface area contributed by atoms with Crippen LogP contribution < -0.4 is 5.32 Å². The summed E-state index contributed by atoms with van der Waals surface area (Å²) in [5, 5.41) is 11.2. The monoisotopic (exact) mass is 318 g/mol. The lowest BCUT2D eigenvalue weighted by Gasteiger charge is -2.06. The molecule has 19 heavy (non-hydrogen) atoms. The number of carbonyl (C=O) groups excluding carboxylic acids is 1. The molecule has 0 aliphatic rings. The SMILES string of the molecule is N#Cc1ccc(NC(=O)c2ccc(Br)cc2F)cc1. The number of rotatable bonds is 2. The molecule has 2 rings (SSSR count). The van der Waals surface area contributed by atoms with Crippen molar-refractivity contribution in [1.29, 1.82) is 5.26 Å². The van der Waals surface area contributed by atoms with Gasteiger partial charge in [-0.05, 0) is 42.5 Å². The summed E-state index contributed by atoms with van der Waals surface area (Å²) in [4.78, 5) is 11.9. The van der Waals surface area contributed by atoms with E-state index in [9.17, 15) is 9.18 Å².